The monoisotopic (exact) mass is 340 g/mol. The van der Waals surface area contributed by atoms with Crippen LogP contribution >= 0.6 is 23.2 Å². The van der Waals surface area contributed by atoms with Gasteiger partial charge in [0.15, 0.2) is 11.6 Å². The van der Waals surface area contributed by atoms with Crippen LogP contribution in [0, 0.1) is 0 Å². The summed E-state index contributed by atoms with van der Waals surface area (Å²) in [6.45, 7) is 0. The first-order chi connectivity index (χ1) is 10.6. The molecular formula is C14H14Cl2N4O2. The van der Waals surface area contributed by atoms with E-state index in [2.05, 4.69) is 15.3 Å². The zero-order valence-electron chi connectivity index (χ0n) is 12.0. The van der Waals surface area contributed by atoms with Gasteiger partial charge < -0.3 is 15.0 Å². The van der Waals surface area contributed by atoms with Crippen molar-refractivity contribution in [1.29, 1.82) is 0 Å². The van der Waals surface area contributed by atoms with Gasteiger partial charge in [0.05, 0.1) is 24.7 Å². The Kier molecular flexibility index (Phi) is 5.41. The topological polar surface area (TPSA) is 67.4 Å². The molecule has 0 aliphatic rings. The number of hydrogen-bond donors (Lipinski definition) is 1. The molecule has 0 aliphatic heterocycles. The molecule has 8 heteroatoms. The van der Waals surface area contributed by atoms with Gasteiger partial charge in [-0.3, -0.25) is 4.79 Å². The van der Waals surface area contributed by atoms with Crippen molar-refractivity contribution in [3.05, 3.63) is 35.7 Å². The molecule has 1 aromatic carbocycles. The summed E-state index contributed by atoms with van der Waals surface area (Å²) in [6, 6.07) is 7.26. The minimum absolute atomic E-state index is 0.0889. The third-order valence-electron chi connectivity index (χ3n) is 2.95. The number of aromatic nitrogens is 2. The summed E-state index contributed by atoms with van der Waals surface area (Å²) in [5.41, 5.74) is 1.32. The van der Waals surface area contributed by atoms with Gasteiger partial charge in [-0.2, -0.15) is 4.98 Å². The number of halogens is 2. The number of ether oxygens (including phenoxy) is 1. The van der Waals surface area contributed by atoms with Gasteiger partial charge in [-0.25, -0.2) is 4.98 Å². The molecule has 0 atom stereocenters. The number of nitrogens with one attached hydrogen (secondary N) is 1. The highest BCUT2D eigenvalue weighted by Crippen LogP contribution is 2.31. The molecule has 1 heterocycles. The maximum atomic E-state index is 11.8. The van der Waals surface area contributed by atoms with Crippen molar-refractivity contribution < 1.29 is 9.53 Å². The average Bonchev–Trinajstić information content (AvgIpc) is 2.54. The fourth-order valence-corrected chi connectivity index (χ4v) is 2.12. The molecule has 0 saturated heterocycles. The molecule has 22 heavy (non-hydrogen) atoms. The number of carbonyl (C=O) groups excluding carboxylic acids is 1. The minimum atomic E-state index is -0.219. The van der Waals surface area contributed by atoms with E-state index in [-0.39, 0.29) is 17.1 Å². The third kappa shape index (κ3) is 3.58. The second kappa shape index (κ2) is 7.29. The molecule has 1 N–H and O–H groups in total. The van der Waals surface area contributed by atoms with Crippen molar-refractivity contribution in [3.8, 4) is 5.75 Å². The summed E-state index contributed by atoms with van der Waals surface area (Å²) in [4.78, 5) is 21.2. The largest absolute Gasteiger partial charge is 0.491 e. The number of anilines is 3. The molecule has 0 unspecified atom stereocenters. The molecule has 0 radical (unpaired) electrons. The van der Waals surface area contributed by atoms with E-state index in [0.29, 0.717) is 22.9 Å². The molecule has 2 aromatic rings. The lowest BCUT2D eigenvalue weighted by molar-refractivity contribution is -0.116. The molecular weight excluding hydrogens is 327 g/mol. The number of hydrogen-bond acceptors (Lipinski definition) is 5. The lowest BCUT2D eigenvalue weighted by atomic mass is 10.2. The van der Waals surface area contributed by atoms with Crippen LogP contribution in [0.25, 0.3) is 0 Å². The van der Waals surface area contributed by atoms with Crippen molar-refractivity contribution in [3.63, 3.8) is 0 Å². The molecule has 0 spiro atoms. The Labute approximate surface area is 138 Å². The van der Waals surface area contributed by atoms with E-state index in [4.69, 9.17) is 27.9 Å². The smallest absolute Gasteiger partial charge is 0.241 e. The van der Waals surface area contributed by atoms with Crippen LogP contribution in [0.4, 0.5) is 17.2 Å². The molecule has 6 nitrogen and oxygen atoms in total. The fraction of sp³-hybridized carbons (Fsp3) is 0.214. The summed E-state index contributed by atoms with van der Waals surface area (Å²) in [7, 11) is 3.16. The van der Waals surface area contributed by atoms with Gasteiger partial charge in [0, 0.05) is 7.05 Å². The van der Waals surface area contributed by atoms with Crippen molar-refractivity contribution in [1.82, 2.24) is 9.97 Å². The van der Waals surface area contributed by atoms with Gasteiger partial charge in [0.25, 0.3) is 0 Å². The fourth-order valence-electron chi connectivity index (χ4n) is 1.81. The molecule has 116 valence electrons. The number of methoxy groups -OCH3 is 1. The minimum Gasteiger partial charge on any atom is -0.491 e. The molecule has 2 rings (SSSR count). The van der Waals surface area contributed by atoms with E-state index in [0.717, 1.165) is 0 Å². The van der Waals surface area contributed by atoms with Crippen molar-refractivity contribution in [2.75, 3.05) is 30.3 Å². The highest BCUT2D eigenvalue weighted by Gasteiger charge is 2.15. The molecule has 0 aliphatic carbocycles. The Bertz CT molecular complexity index is 682. The first kappa shape index (κ1) is 16.3. The van der Waals surface area contributed by atoms with Gasteiger partial charge in [0.1, 0.15) is 5.88 Å². The van der Waals surface area contributed by atoms with E-state index >= 15 is 0 Å². The number of nitrogens with zero attached hydrogens (tertiary/aromatic N) is 3. The normalized spacial score (nSPS) is 10.2. The Morgan fingerprint density at radius 1 is 1.41 bits per heavy atom. The number of alkyl halides is 1. The second-order valence-corrected chi connectivity index (χ2v) is 4.89. The summed E-state index contributed by atoms with van der Waals surface area (Å²) < 4.78 is 5.19. The van der Waals surface area contributed by atoms with Crippen LogP contribution in [0.15, 0.2) is 30.5 Å². The van der Waals surface area contributed by atoms with Gasteiger partial charge in [-0.15, -0.1) is 11.6 Å². The van der Waals surface area contributed by atoms with Crippen molar-refractivity contribution in [2.45, 2.75) is 0 Å². The summed E-state index contributed by atoms with van der Waals surface area (Å²) in [5, 5.41) is 3.18. The summed E-state index contributed by atoms with van der Waals surface area (Å²) in [6.07, 6.45) is 1.47. The number of amides is 1. The van der Waals surface area contributed by atoms with E-state index in [1.807, 2.05) is 18.2 Å². The van der Waals surface area contributed by atoms with Gasteiger partial charge in [0.2, 0.25) is 11.2 Å². The standard InChI is InChI=1S/C14H14Cl2N4O2/c1-20(12(21)7-15)10-6-4-3-5-9(10)18-13-11(22-2)8-17-14(16)19-13/h3-6,8H,7H2,1-2H3,(H,17,18,19). The van der Waals surface area contributed by atoms with Crippen LogP contribution in [0.3, 0.4) is 0 Å². The third-order valence-corrected chi connectivity index (χ3v) is 3.36. The average molecular weight is 341 g/mol. The van der Waals surface area contributed by atoms with E-state index in [1.165, 1.54) is 18.2 Å². The van der Waals surface area contributed by atoms with E-state index < -0.39 is 0 Å². The van der Waals surface area contributed by atoms with Crippen molar-refractivity contribution >= 4 is 46.3 Å². The maximum Gasteiger partial charge on any atom is 0.241 e. The van der Waals surface area contributed by atoms with Gasteiger partial charge >= 0.3 is 0 Å². The van der Waals surface area contributed by atoms with E-state index in [1.54, 1.807) is 13.1 Å². The number of carbonyl (C=O) groups is 1. The zero-order chi connectivity index (χ0) is 16.1. The summed E-state index contributed by atoms with van der Waals surface area (Å²) >= 11 is 11.4. The summed E-state index contributed by atoms with van der Waals surface area (Å²) in [5.74, 6) is 0.517. The second-order valence-electron chi connectivity index (χ2n) is 4.28. The molecule has 0 fully saturated rings. The molecule has 1 amide bonds. The maximum absolute atomic E-state index is 11.8. The van der Waals surface area contributed by atoms with Crippen LogP contribution < -0.4 is 15.0 Å². The lowest BCUT2D eigenvalue weighted by Gasteiger charge is -2.20. The van der Waals surface area contributed by atoms with Crippen LogP contribution in [0.1, 0.15) is 0 Å². The highest BCUT2D eigenvalue weighted by molar-refractivity contribution is 6.29. The van der Waals surface area contributed by atoms with Gasteiger partial charge in [-0.05, 0) is 23.7 Å². The molecule has 1 aromatic heterocycles. The first-order valence-corrected chi connectivity index (χ1v) is 7.23. The first-order valence-electron chi connectivity index (χ1n) is 6.32. The van der Waals surface area contributed by atoms with Crippen LogP contribution in [0.5, 0.6) is 5.75 Å². The quantitative estimate of drug-likeness (QED) is 0.669. The Balaban J connectivity index is 2.38. The SMILES string of the molecule is COc1cnc(Cl)nc1Nc1ccccc1N(C)C(=O)CCl. The predicted molar refractivity (Wildman–Crippen MR) is 87.4 cm³/mol. The number of rotatable bonds is 5. The Morgan fingerprint density at radius 2 is 2.14 bits per heavy atom. The molecule has 0 saturated carbocycles. The van der Waals surface area contributed by atoms with Crippen LogP contribution in [0.2, 0.25) is 5.28 Å². The Hall–Kier alpha value is -2.05. The van der Waals surface area contributed by atoms with Gasteiger partial charge in [-0.1, -0.05) is 12.1 Å². The predicted octanol–water partition coefficient (Wildman–Crippen LogP) is 3.08. The Morgan fingerprint density at radius 3 is 2.82 bits per heavy atom. The van der Waals surface area contributed by atoms with Crippen LogP contribution in [-0.4, -0.2) is 35.9 Å². The molecule has 0 bridgehead atoms. The zero-order valence-corrected chi connectivity index (χ0v) is 13.5. The highest BCUT2D eigenvalue weighted by atomic mass is 35.5. The van der Waals surface area contributed by atoms with Crippen LogP contribution in [-0.2, 0) is 4.79 Å². The number of benzene rings is 1. The number of para-hydroxylation sites is 2. The van der Waals surface area contributed by atoms with Crippen molar-refractivity contribution in [2.24, 2.45) is 0 Å². The lowest BCUT2D eigenvalue weighted by Crippen LogP contribution is -2.27. The van der Waals surface area contributed by atoms with E-state index in [9.17, 15) is 4.79 Å².